The highest BCUT2D eigenvalue weighted by Gasteiger charge is 2.54. The van der Waals surface area contributed by atoms with Crippen molar-refractivity contribution in [3.05, 3.63) is 32.6 Å². The van der Waals surface area contributed by atoms with Crippen molar-refractivity contribution in [1.29, 1.82) is 0 Å². The zero-order chi connectivity index (χ0) is 28.5. The van der Waals surface area contributed by atoms with Gasteiger partial charge in [-0.2, -0.15) is 0 Å². The number of primary amides is 1. The van der Waals surface area contributed by atoms with Crippen LogP contribution in [0, 0.1) is 0 Å². The number of urea groups is 1. The third-order valence-corrected chi connectivity index (χ3v) is 6.11. The van der Waals surface area contributed by atoms with Crippen molar-refractivity contribution in [3.63, 3.8) is 0 Å². The largest absolute Gasteiger partial charge is 0.479 e. The number of aliphatic hydroxyl groups is 4. The summed E-state index contributed by atoms with van der Waals surface area (Å²) in [6.45, 7) is 0. The molecule has 1 aromatic rings. The van der Waals surface area contributed by atoms with Gasteiger partial charge < -0.3 is 66.6 Å². The van der Waals surface area contributed by atoms with E-state index in [0.717, 1.165) is 6.20 Å². The maximum absolute atomic E-state index is 12.1. The van der Waals surface area contributed by atoms with Crippen LogP contribution < -0.4 is 28.0 Å². The fraction of sp³-hybridized carbons (Fsp3) is 0.632. The Kier molecular flexibility index (Phi) is 8.84. The number of carboxylic acid groups (broad SMARTS) is 2. The smallest absolute Gasteiger partial charge is 0.335 e. The standard InChI is InChI=1S/C19H27N5O14/c20-4-1-5(15(30)31)36-17(8(4)26)38-11-6(23-18(21)34)9(27)12(37-13(11)16(32)33)10(28)7(25)3-2-22-19(35)24-14(3)29/h2,4-13,17,25-28H,1,20H2,(H,30,31)(H,32,33)(H3,21,23,34)(H2,22,24,29,35). The highest BCUT2D eigenvalue weighted by atomic mass is 16.7. The van der Waals surface area contributed by atoms with Crippen LogP contribution in [-0.2, 0) is 23.8 Å². The summed E-state index contributed by atoms with van der Waals surface area (Å²) < 4.78 is 15.9. The summed E-state index contributed by atoms with van der Waals surface area (Å²) in [5, 5.41) is 63.5. The summed E-state index contributed by atoms with van der Waals surface area (Å²) in [7, 11) is 0. The molecule has 212 valence electrons. The average molecular weight is 549 g/mol. The third-order valence-electron chi connectivity index (χ3n) is 6.11. The predicted molar refractivity (Wildman–Crippen MR) is 117 cm³/mol. The Balaban J connectivity index is 1.94. The number of nitrogens with two attached hydrogens (primary N) is 2. The molecule has 19 nitrogen and oxygen atoms in total. The number of rotatable bonds is 8. The molecule has 2 aliphatic rings. The van der Waals surface area contributed by atoms with Crippen LogP contribution in [0.25, 0.3) is 0 Å². The first kappa shape index (κ1) is 29.1. The number of hydrogen-bond donors (Lipinski definition) is 11. The number of aromatic amines is 2. The molecule has 0 spiro atoms. The number of ether oxygens (including phenoxy) is 3. The van der Waals surface area contributed by atoms with Crippen molar-refractivity contribution in [2.24, 2.45) is 11.5 Å². The van der Waals surface area contributed by atoms with Crippen molar-refractivity contribution in [3.8, 4) is 0 Å². The van der Waals surface area contributed by atoms with Crippen molar-refractivity contribution in [2.75, 3.05) is 0 Å². The molecule has 2 aliphatic heterocycles. The van der Waals surface area contributed by atoms with Gasteiger partial charge in [-0.1, -0.05) is 0 Å². The normalized spacial score (nSPS) is 35.1. The highest BCUT2D eigenvalue weighted by molar-refractivity contribution is 5.75. The van der Waals surface area contributed by atoms with E-state index in [2.05, 4.69) is 4.98 Å². The zero-order valence-corrected chi connectivity index (χ0v) is 19.2. The molecule has 3 rings (SSSR count). The van der Waals surface area contributed by atoms with Crippen molar-refractivity contribution >= 4 is 18.0 Å². The van der Waals surface area contributed by atoms with Gasteiger partial charge in [-0.25, -0.2) is 19.2 Å². The minimum Gasteiger partial charge on any atom is -0.479 e. The summed E-state index contributed by atoms with van der Waals surface area (Å²) in [5.74, 6) is -3.24. The minimum absolute atomic E-state index is 0.318. The molecule has 38 heavy (non-hydrogen) atoms. The molecule has 13 N–H and O–H groups in total. The van der Waals surface area contributed by atoms with Crippen LogP contribution in [0.3, 0.4) is 0 Å². The van der Waals surface area contributed by atoms with Gasteiger partial charge in [-0.05, 0) is 0 Å². The summed E-state index contributed by atoms with van der Waals surface area (Å²) >= 11 is 0. The van der Waals surface area contributed by atoms with Gasteiger partial charge in [0.1, 0.15) is 36.6 Å². The van der Waals surface area contributed by atoms with E-state index in [9.17, 15) is 54.6 Å². The van der Waals surface area contributed by atoms with Crippen molar-refractivity contribution in [1.82, 2.24) is 15.3 Å². The number of carboxylic acids is 2. The van der Waals surface area contributed by atoms with Gasteiger partial charge in [0.05, 0.1) is 11.6 Å². The molecule has 19 heteroatoms. The number of aliphatic carboxylic acids is 2. The number of H-pyrrole nitrogens is 2. The molecule has 2 saturated heterocycles. The van der Waals surface area contributed by atoms with Gasteiger partial charge >= 0.3 is 23.7 Å². The summed E-state index contributed by atoms with van der Waals surface area (Å²) in [6, 6.07) is -4.31. The molecule has 0 radical (unpaired) electrons. The lowest BCUT2D eigenvalue weighted by Crippen LogP contribution is -2.70. The highest BCUT2D eigenvalue weighted by Crippen LogP contribution is 2.32. The Bertz CT molecular complexity index is 1160. The molecule has 2 fully saturated rings. The minimum atomic E-state index is -2.22. The molecule has 0 bridgehead atoms. The van der Waals surface area contributed by atoms with E-state index >= 15 is 0 Å². The molecule has 0 aromatic carbocycles. The van der Waals surface area contributed by atoms with E-state index < -0.39 is 102 Å². The molecule has 11 unspecified atom stereocenters. The quantitative estimate of drug-likeness (QED) is 0.144. The Hall–Kier alpha value is -3.43. The van der Waals surface area contributed by atoms with Gasteiger partial charge in [0, 0.05) is 18.7 Å². The molecular weight excluding hydrogens is 522 g/mol. The van der Waals surface area contributed by atoms with E-state index in [1.165, 1.54) is 0 Å². The van der Waals surface area contributed by atoms with Gasteiger partial charge in [-0.3, -0.25) is 9.78 Å². The Morgan fingerprint density at radius 2 is 1.76 bits per heavy atom. The van der Waals surface area contributed by atoms with Crippen LogP contribution in [0.1, 0.15) is 18.1 Å². The lowest BCUT2D eigenvalue weighted by Gasteiger charge is -2.47. The fourth-order valence-electron chi connectivity index (χ4n) is 4.20. The first-order valence-electron chi connectivity index (χ1n) is 11.0. The number of aliphatic hydroxyl groups excluding tert-OH is 4. The number of aromatic nitrogens is 2. The van der Waals surface area contributed by atoms with Gasteiger partial charge in [-0.15, -0.1) is 0 Å². The predicted octanol–water partition coefficient (Wildman–Crippen LogP) is -6.02. The Labute approximate surface area is 210 Å². The van der Waals surface area contributed by atoms with Crippen LogP contribution in [0.5, 0.6) is 0 Å². The maximum atomic E-state index is 12.1. The van der Waals surface area contributed by atoms with E-state index in [0.29, 0.717) is 0 Å². The molecule has 2 amide bonds. The third kappa shape index (κ3) is 6.00. The first-order valence-corrected chi connectivity index (χ1v) is 11.0. The van der Waals surface area contributed by atoms with E-state index in [-0.39, 0.29) is 6.42 Å². The van der Waals surface area contributed by atoms with Gasteiger partial charge in [0.25, 0.3) is 5.56 Å². The Morgan fingerprint density at radius 3 is 2.32 bits per heavy atom. The second-order valence-electron chi connectivity index (χ2n) is 8.67. The number of carbonyl (C=O) groups is 3. The van der Waals surface area contributed by atoms with Crippen molar-refractivity contribution < 1.29 is 59.2 Å². The molecular formula is C19H27N5O14. The molecule has 0 saturated carbocycles. The average Bonchev–Trinajstić information content (AvgIpc) is 2.82. The fourth-order valence-corrected chi connectivity index (χ4v) is 4.20. The van der Waals surface area contributed by atoms with Crippen LogP contribution in [0.2, 0.25) is 0 Å². The lowest BCUT2D eigenvalue weighted by atomic mass is 9.87. The SMILES string of the molecule is NC(=O)NC1C(O)C(C(O)C(O)c2c[nH]c(=O)[nH]c2=O)OC(C(=O)O)C1OC1OC(C(=O)O)CC(N)C1O. The second-order valence-corrected chi connectivity index (χ2v) is 8.67. The summed E-state index contributed by atoms with van der Waals surface area (Å²) in [5.41, 5.74) is 8.27. The van der Waals surface area contributed by atoms with Gasteiger partial charge in [0.15, 0.2) is 18.5 Å². The number of hydrogen-bond acceptors (Lipinski definition) is 13. The zero-order valence-electron chi connectivity index (χ0n) is 19.2. The molecule has 1 aromatic heterocycles. The van der Waals surface area contributed by atoms with Crippen LogP contribution in [0.15, 0.2) is 15.8 Å². The first-order chi connectivity index (χ1) is 17.7. The van der Waals surface area contributed by atoms with Crippen LogP contribution >= 0.6 is 0 Å². The molecule has 0 aliphatic carbocycles. The second kappa shape index (κ2) is 11.5. The van der Waals surface area contributed by atoms with E-state index in [1.807, 2.05) is 5.32 Å². The topological polar surface area (TPSA) is 330 Å². The van der Waals surface area contributed by atoms with E-state index in [1.54, 1.807) is 4.98 Å². The number of nitrogens with one attached hydrogen (secondary N) is 3. The lowest BCUT2D eigenvalue weighted by molar-refractivity contribution is -0.301. The van der Waals surface area contributed by atoms with E-state index in [4.69, 9.17) is 25.7 Å². The Morgan fingerprint density at radius 1 is 1.11 bits per heavy atom. The monoisotopic (exact) mass is 549 g/mol. The van der Waals surface area contributed by atoms with Gasteiger partial charge in [0.2, 0.25) is 0 Å². The number of amides is 2. The summed E-state index contributed by atoms with van der Waals surface area (Å²) in [6.07, 6.45) is -17.2. The molecule has 3 heterocycles. The van der Waals surface area contributed by atoms with Crippen molar-refractivity contribution in [2.45, 2.75) is 73.6 Å². The van der Waals surface area contributed by atoms with Crippen LogP contribution in [0.4, 0.5) is 4.79 Å². The summed E-state index contributed by atoms with van der Waals surface area (Å²) in [4.78, 5) is 62.2. The maximum Gasteiger partial charge on any atom is 0.335 e. The number of carbonyl (C=O) groups excluding carboxylic acids is 1. The molecule has 11 atom stereocenters. The van der Waals surface area contributed by atoms with Crippen LogP contribution in [-0.4, -0.2) is 120 Å².